The number of hydrogen-bond donors (Lipinski definition) is 2. The third-order valence-electron chi connectivity index (χ3n) is 11.2. The van der Waals surface area contributed by atoms with Gasteiger partial charge in [0.1, 0.15) is 34.6 Å². The molecule has 0 aliphatic carbocycles. The highest BCUT2D eigenvalue weighted by atomic mass is 32.1. The van der Waals surface area contributed by atoms with Gasteiger partial charge in [-0.25, -0.2) is 9.97 Å². The molecule has 11 rings (SSSR count). The summed E-state index contributed by atoms with van der Waals surface area (Å²) in [6.45, 7) is 4.15. The minimum atomic E-state index is 0.649. The molecule has 0 spiro atoms. The van der Waals surface area contributed by atoms with Gasteiger partial charge in [0.05, 0.1) is 45.8 Å². The van der Waals surface area contributed by atoms with Gasteiger partial charge in [0.15, 0.2) is 0 Å². The smallest absolute Gasteiger partial charge is 0.137 e. The lowest BCUT2D eigenvalue weighted by Crippen LogP contribution is -1.97. The van der Waals surface area contributed by atoms with Gasteiger partial charge < -0.3 is 9.47 Å². The van der Waals surface area contributed by atoms with Crippen molar-refractivity contribution < 1.29 is 9.47 Å². The van der Waals surface area contributed by atoms with Gasteiger partial charge >= 0.3 is 0 Å². The van der Waals surface area contributed by atoms with E-state index in [9.17, 15) is 0 Å². The first-order valence-electron chi connectivity index (χ1n) is 20.1. The molecule has 0 radical (unpaired) electrons. The van der Waals surface area contributed by atoms with E-state index in [1.165, 1.54) is 0 Å². The van der Waals surface area contributed by atoms with Crippen LogP contribution in [0.3, 0.4) is 0 Å². The van der Waals surface area contributed by atoms with Gasteiger partial charge in [0.2, 0.25) is 0 Å². The Hall–Kier alpha value is -7.40. The Balaban J connectivity index is 0.876. The molecule has 0 unspecified atom stereocenters. The van der Waals surface area contributed by atoms with Crippen LogP contribution in [0.15, 0.2) is 180 Å². The van der Waals surface area contributed by atoms with Crippen molar-refractivity contribution in [3.05, 3.63) is 182 Å². The van der Waals surface area contributed by atoms with Crippen LogP contribution in [0.25, 0.3) is 77.8 Å². The maximum atomic E-state index is 6.51. The molecule has 5 heterocycles. The quantitative estimate of drug-likeness (QED) is 0.148. The highest BCUT2D eigenvalue weighted by molar-refractivity contribution is 7.80. The third-order valence-corrected chi connectivity index (χ3v) is 11.9. The molecule has 0 N–H and O–H groups in total. The summed E-state index contributed by atoms with van der Waals surface area (Å²) in [4.78, 5) is 20.6. The van der Waals surface area contributed by atoms with Crippen molar-refractivity contribution in [3.8, 4) is 57.1 Å². The van der Waals surface area contributed by atoms with Crippen molar-refractivity contribution in [2.45, 2.75) is 23.6 Å². The molecular formula is C52H36N6O2S2. The second kappa shape index (κ2) is 15.3. The van der Waals surface area contributed by atoms with Gasteiger partial charge in [-0.1, -0.05) is 36.4 Å². The maximum absolute atomic E-state index is 6.51. The predicted molar refractivity (Wildman–Crippen MR) is 254 cm³/mol. The summed E-state index contributed by atoms with van der Waals surface area (Å²) in [5.41, 5.74) is 9.36. The zero-order valence-electron chi connectivity index (χ0n) is 33.6. The van der Waals surface area contributed by atoms with E-state index in [2.05, 4.69) is 108 Å². The summed E-state index contributed by atoms with van der Waals surface area (Å²) in [5.74, 6) is 4.41. The second-order valence-electron chi connectivity index (χ2n) is 15.3. The Morgan fingerprint density at radius 1 is 0.403 bits per heavy atom. The average molecular weight is 841 g/mol. The third kappa shape index (κ3) is 6.70. The molecular weight excluding hydrogens is 805 g/mol. The summed E-state index contributed by atoms with van der Waals surface area (Å²) in [6, 6.07) is 48.8. The summed E-state index contributed by atoms with van der Waals surface area (Å²) in [7, 11) is 0. The van der Waals surface area contributed by atoms with Crippen LogP contribution in [0, 0.1) is 13.8 Å². The highest BCUT2D eigenvalue weighted by Gasteiger charge is 2.17. The summed E-state index contributed by atoms with van der Waals surface area (Å²) in [6.07, 6.45) is 7.19. The first-order valence-corrected chi connectivity index (χ1v) is 21.0. The summed E-state index contributed by atoms with van der Waals surface area (Å²) < 4.78 is 17.4. The molecule has 8 nitrogen and oxygen atoms in total. The van der Waals surface area contributed by atoms with Crippen LogP contribution in [0.4, 0.5) is 0 Å². The lowest BCUT2D eigenvalue weighted by atomic mass is 10.1. The number of aryl methyl sites for hydroxylation is 2. The first kappa shape index (κ1) is 37.6. The minimum Gasteiger partial charge on any atom is -0.457 e. The molecule has 10 heteroatoms. The van der Waals surface area contributed by atoms with E-state index < -0.39 is 0 Å². The molecule has 11 aromatic rings. The van der Waals surface area contributed by atoms with Crippen molar-refractivity contribution in [1.82, 2.24) is 29.1 Å². The topological polar surface area (TPSA) is 79.9 Å². The second-order valence-corrected chi connectivity index (χ2v) is 16.3. The Morgan fingerprint density at radius 2 is 0.806 bits per heavy atom. The van der Waals surface area contributed by atoms with Crippen LogP contribution in [0.1, 0.15) is 11.1 Å². The number of nitrogens with zero attached hydrogens (tertiary/aromatic N) is 6. The van der Waals surface area contributed by atoms with Crippen molar-refractivity contribution in [1.29, 1.82) is 0 Å². The fourth-order valence-corrected chi connectivity index (χ4v) is 8.76. The molecule has 298 valence electrons. The molecule has 5 aromatic heterocycles. The van der Waals surface area contributed by atoms with Crippen LogP contribution in [0.2, 0.25) is 0 Å². The molecule has 0 saturated heterocycles. The van der Waals surface area contributed by atoms with Gasteiger partial charge in [-0.05, 0) is 122 Å². The number of hydrogen-bond acceptors (Lipinski definition) is 8. The molecule has 0 amide bonds. The summed E-state index contributed by atoms with van der Waals surface area (Å²) >= 11 is 9.59. The first-order chi connectivity index (χ1) is 30.3. The van der Waals surface area contributed by atoms with Gasteiger partial charge in [-0.3, -0.25) is 19.1 Å². The molecule has 0 aliphatic rings. The zero-order chi connectivity index (χ0) is 41.9. The number of para-hydroxylation sites is 2. The van der Waals surface area contributed by atoms with E-state index in [4.69, 9.17) is 54.7 Å². The number of benzene rings is 6. The number of thiol groups is 2. The van der Waals surface area contributed by atoms with Crippen LogP contribution in [-0.4, -0.2) is 29.1 Å². The standard InChI is InChI=1S/C52H36N6O2S2/c1-31-19-21-53-51(23-31)57-45-9-5-3-7-37(45)39-15-11-35(27-47(39)57)59-33-13-17-49(61)41(25-33)43-29-56-44(30-55-43)42-26-34(14-18-50(42)62)60-36-12-16-40-38-8-4-6-10-46(38)58(48(40)28-36)52-24-32(2)20-22-54-52/h3-30,61-62H,1-2H3. The minimum absolute atomic E-state index is 0.649. The largest absolute Gasteiger partial charge is 0.457 e. The van der Waals surface area contributed by atoms with Gasteiger partial charge in [0, 0.05) is 67.0 Å². The van der Waals surface area contributed by atoms with Crippen molar-refractivity contribution in [3.63, 3.8) is 0 Å². The zero-order valence-corrected chi connectivity index (χ0v) is 35.3. The normalized spacial score (nSPS) is 11.5. The Labute approximate surface area is 367 Å². The maximum Gasteiger partial charge on any atom is 0.137 e. The van der Waals surface area contributed by atoms with E-state index in [1.54, 1.807) is 12.4 Å². The van der Waals surface area contributed by atoms with Crippen molar-refractivity contribution >= 4 is 68.9 Å². The van der Waals surface area contributed by atoms with Crippen LogP contribution < -0.4 is 9.47 Å². The van der Waals surface area contributed by atoms with Crippen molar-refractivity contribution in [2.24, 2.45) is 0 Å². The number of ether oxygens (including phenoxy) is 2. The van der Waals surface area contributed by atoms with Gasteiger partial charge in [-0.2, -0.15) is 0 Å². The fraction of sp³-hybridized carbons (Fsp3) is 0.0385. The summed E-state index contributed by atoms with van der Waals surface area (Å²) in [5, 5.41) is 4.55. The van der Waals surface area contributed by atoms with Crippen LogP contribution in [-0.2, 0) is 0 Å². The molecule has 0 aliphatic heterocycles. The molecule has 62 heavy (non-hydrogen) atoms. The molecule has 0 saturated carbocycles. The average Bonchev–Trinajstić information content (AvgIpc) is 3.80. The number of aromatic nitrogens is 6. The fourth-order valence-electron chi connectivity index (χ4n) is 8.25. The number of pyridine rings is 2. The Kier molecular flexibility index (Phi) is 9.25. The van der Waals surface area contributed by atoms with Gasteiger partial charge in [-0.15, -0.1) is 25.3 Å². The highest BCUT2D eigenvalue weighted by Crippen LogP contribution is 2.39. The van der Waals surface area contributed by atoms with E-state index in [0.29, 0.717) is 34.4 Å². The Bertz CT molecular complexity index is 3310. The molecule has 0 fully saturated rings. The van der Waals surface area contributed by atoms with E-state index in [-0.39, 0.29) is 0 Å². The molecule has 0 atom stereocenters. The monoisotopic (exact) mass is 840 g/mol. The molecule has 6 aromatic carbocycles. The lowest BCUT2D eigenvalue weighted by molar-refractivity contribution is 0.483. The van der Waals surface area contributed by atoms with Crippen molar-refractivity contribution in [2.75, 3.05) is 0 Å². The van der Waals surface area contributed by atoms with E-state index in [1.807, 2.05) is 73.1 Å². The predicted octanol–water partition coefficient (Wildman–Crippen LogP) is 13.6. The lowest BCUT2D eigenvalue weighted by Gasteiger charge is -2.12. The SMILES string of the molecule is Cc1ccnc(-n2c3ccccc3c3ccc(Oc4ccc(S)c(-c5cnc(-c6cc(Oc7ccc8c9ccccc9n(-c9cc(C)ccn9)c8c7)ccc6S)cn5)c4)cc32)c1. The van der Waals surface area contributed by atoms with Gasteiger partial charge in [0.25, 0.3) is 0 Å². The Morgan fingerprint density at radius 3 is 1.24 bits per heavy atom. The van der Waals surface area contributed by atoms with Crippen LogP contribution >= 0.6 is 25.3 Å². The van der Waals surface area contributed by atoms with E-state index >= 15 is 0 Å². The van der Waals surface area contributed by atoms with Crippen LogP contribution in [0.5, 0.6) is 23.0 Å². The molecule has 0 bridgehead atoms. The number of fused-ring (bicyclic) bond motifs is 6. The number of rotatable bonds is 8. The van der Waals surface area contributed by atoms with E-state index in [0.717, 1.165) is 87.3 Å².